The molecule has 1 aliphatic heterocycles. The Morgan fingerprint density at radius 2 is 1.88 bits per heavy atom. The third kappa shape index (κ3) is 5.79. The maximum atomic E-state index is 12.8. The highest BCUT2D eigenvalue weighted by molar-refractivity contribution is 7.17. The summed E-state index contributed by atoms with van der Waals surface area (Å²) in [5, 5.41) is 11.2. The third-order valence-electron chi connectivity index (χ3n) is 6.64. The molecule has 13 nitrogen and oxygen atoms in total. The predicted octanol–water partition coefficient (Wildman–Crippen LogP) is 1.76. The number of rotatable bonds is 12. The van der Waals surface area contributed by atoms with Crippen LogP contribution in [0.5, 0.6) is 5.75 Å². The lowest BCUT2D eigenvalue weighted by Crippen LogP contribution is -2.38. The van der Waals surface area contributed by atoms with Crippen molar-refractivity contribution >= 4 is 39.0 Å². The fourth-order valence-electron chi connectivity index (χ4n) is 4.53. The molecule has 1 fully saturated rings. The summed E-state index contributed by atoms with van der Waals surface area (Å²) in [6, 6.07) is 11.5. The van der Waals surface area contributed by atoms with E-state index in [0.717, 1.165) is 68.7 Å². The number of anilines is 2. The molecule has 5 heterocycles. The normalized spacial score (nSPS) is 14.3. The van der Waals surface area contributed by atoms with Gasteiger partial charge in [-0.3, -0.25) is 14.3 Å². The molecule has 0 atom stereocenters. The summed E-state index contributed by atoms with van der Waals surface area (Å²) in [6.45, 7) is 7.61. The Labute approximate surface area is 233 Å². The molecule has 1 aliphatic rings. The van der Waals surface area contributed by atoms with Gasteiger partial charge in [0.1, 0.15) is 17.1 Å². The molecular formula is C26H31N9O4S. The molecule has 0 spiro atoms. The highest BCUT2D eigenvalue weighted by atomic mass is 32.1. The van der Waals surface area contributed by atoms with Gasteiger partial charge in [-0.2, -0.15) is 9.50 Å². The average Bonchev–Trinajstić information content (AvgIpc) is 3.72. The zero-order valence-corrected chi connectivity index (χ0v) is 22.7. The smallest absolute Gasteiger partial charge is 0.309 e. The summed E-state index contributed by atoms with van der Waals surface area (Å²) in [5.41, 5.74) is 8.16. The van der Waals surface area contributed by atoms with Crippen molar-refractivity contribution in [2.75, 3.05) is 70.1 Å². The number of nitrogen functional groups attached to an aromatic ring is 1. The molecule has 0 aliphatic carbocycles. The number of hydrogen-bond acceptors (Lipinski definition) is 12. The number of aromatic nitrogens is 5. The molecule has 0 unspecified atom stereocenters. The number of hydrogen-bond donors (Lipinski definition) is 3. The van der Waals surface area contributed by atoms with Gasteiger partial charge in [0.15, 0.2) is 17.1 Å². The highest BCUT2D eigenvalue weighted by Crippen LogP contribution is 2.25. The second kappa shape index (κ2) is 12.0. The van der Waals surface area contributed by atoms with Crippen molar-refractivity contribution in [2.24, 2.45) is 0 Å². The Hall–Kier alpha value is -3.98. The van der Waals surface area contributed by atoms with Crippen LogP contribution in [0, 0.1) is 0 Å². The van der Waals surface area contributed by atoms with Crippen LogP contribution in [0.1, 0.15) is 0 Å². The fraction of sp³-hybridized carbons (Fsp3) is 0.385. The summed E-state index contributed by atoms with van der Waals surface area (Å²) in [7, 11) is 0. The van der Waals surface area contributed by atoms with Crippen molar-refractivity contribution < 1.29 is 13.9 Å². The summed E-state index contributed by atoms with van der Waals surface area (Å²) in [6.07, 6.45) is 1.55. The van der Waals surface area contributed by atoms with Crippen LogP contribution in [0.4, 0.5) is 11.6 Å². The van der Waals surface area contributed by atoms with Crippen LogP contribution in [0.25, 0.3) is 27.6 Å². The fourth-order valence-corrected chi connectivity index (χ4v) is 5.47. The number of fused-ring (bicyclic) bond motifs is 3. The first-order valence-electron chi connectivity index (χ1n) is 13.2. The molecule has 5 aromatic rings. The van der Waals surface area contributed by atoms with Crippen LogP contribution in [-0.2, 0) is 11.3 Å². The van der Waals surface area contributed by atoms with Crippen LogP contribution in [-0.4, -0.2) is 88.1 Å². The summed E-state index contributed by atoms with van der Waals surface area (Å²) >= 11 is 1.08. The van der Waals surface area contributed by atoms with E-state index in [1.807, 2.05) is 24.3 Å². The molecule has 0 saturated carbocycles. The van der Waals surface area contributed by atoms with Gasteiger partial charge in [-0.25, -0.2) is 4.98 Å². The lowest BCUT2D eigenvalue weighted by atomic mass is 10.3. The minimum Gasteiger partial charge on any atom is -0.492 e. The van der Waals surface area contributed by atoms with E-state index in [0.29, 0.717) is 47.3 Å². The number of ether oxygens (including phenoxy) is 2. The van der Waals surface area contributed by atoms with E-state index < -0.39 is 0 Å². The van der Waals surface area contributed by atoms with Gasteiger partial charge in [-0.15, -0.1) is 5.10 Å². The van der Waals surface area contributed by atoms with E-state index >= 15 is 0 Å². The van der Waals surface area contributed by atoms with Crippen molar-refractivity contribution in [1.29, 1.82) is 0 Å². The maximum Gasteiger partial charge on any atom is 0.309 e. The first kappa shape index (κ1) is 26.3. The van der Waals surface area contributed by atoms with E-state index in [1.165, 1.54) is 4.52 Å². The van der Waals surface area contributed by atoms with E-state index in [4.69, 9.17) is 19.6 Å². The number of benzene rings is 1. The Morgan fingerprint density at radius 1 is 1.02 bits per heavy atom. The van der Waals surface area contributed by atoms with E-state index in [9.17, 15) is 4.79 Å². The highest BCUT2D eigenvalue weighted by Gasteiger charge is 2.19. The van der Waals surface area contributed by atoms with E-state index in [1.54, 1.807) is 23.0 Å². The topological polar surface area (TPSA) is 150 Å². The molecule has 4 aromatic heterocycles. The SMILES string of the molecule is Nc1nc2c(sc(=O)n2CCNCCNc2ccc(OCCN3CCOCC3)cc2)c2nc(-c3ccco3)nn12. The molecule has 4 N–H and O–H groups in total. The summed E-state index contributed by atoms with van der Waals surface area (Å²) < 4.78 is 20.3. The van der Waals surface area contributed by atoms with Crippen molar-refractivity contribution in [3.63, 3.8) is 0 Å². The van der Waals surface area contributed by atoms with Crippen LogP contribution >= 0.6 is 11.3 Å². The first-order chi connectivity index (χ1) is 19.7. The number of furan rings is 1. The average molecular weight is 566 g/mol. The largest absolute Gasteiger partial charge is 0.492 e. The quantitative estimate of drug-likeness (QED) is 0.190. The zero-order valence-electron chi connectivity index (χ0n) is 21.9. The van der Waals surface area contributed by atoms with E-state index in [2.05, 4.69) is 30.6 Å². The number of nitrogens with zero attached hydrogens (tertiary/aromatic N) is 6. The molecule has 0 bridgehead atoms. The van der Waals surface area contributed by atoms with Crippen molar-refractivity contribution in [2.45, 2.75) is 6.54 Å². The number of thiazole rings is 1. The first-order valence-corrected chi connectivity index (χ1v) is 14.0. The van der Waals surface area contributed by atoms with Gasteiger partial charge in [-0.1, -0.05) is 11.3 Å². The monoisotopic (exact) mass is 565 g/mol. The van der Waals surface area contributed by atoms with Gasteiger partial charge in [0, 0.05) is 51.5 Å². The molecule has 0 amide bonds. The number of nitrogens with two attached hydrogens (primary N) is 1. The molecular weight excluding hydrogens is 534 g/mol. The van der Waals surface area contributed by atoms with Gasteiger partial charge in [0.05, 0.1) is 19.5 Å². The van der Waals surface area contributed by atoms with E-state index in [-0.39, 0.29) is 10.8 Å². The Kier molecular flexibility index (Phi) is 7.90. The van der Waals surface area contributed by atoms with Crippen LogP contribution in [0.2, 0.25) is 0 Å². The van der Waals surface area contributed by atoms with Crippen molar-refractivity contribution in [3.8, 4) is 17.3 Å². The molecule has 0 radical (unpaired) electrons. The minimum absolute atomic E-state index is 0.121. The molecule has 40 heavy (non-hydrogen) atoms. The summed E-state index contributed by atoms with van der Waals surface area (Å²) in [4.78, 5) is 24.0. The van der Waals surface area contributed by atoms with Crippen LogP contribution in [0.15, 0.2) is 51.9 Å². The minimum atomic E-state index is -0.121. The summed E-state index contributed by atoms with van der Waals surface area (Å²) in [5.74, 6) is 1.92. The predicted molar refractivity (Wildman–Crippen MR) is 153 cm³/mol. The second-order valence-corrected chi connectivity index (χ2v) is 10.3. The van der Waals surface area contributed by atoms with Crippen LogP contribution < -0.4 is 26.0 Å². The number of nitrogens with one attached hydrogen (secondary N) is 2. The maximum absolute atomic E-state index is 12.8. The molecule has 1 aromatic carbocycles. The Balaban J connectivity index is 0.974. The second-order valence-electron chi connectivity index (χ2n) is 9.29. The lowest BCUT2D eigenvalue weighted by Gasteiger charge is -2.26. The third-order valence-corrected chi connectivity index (χ3v) is 7.60. The Bertz CT molecular complexity index is 1610. The standard InChI is InChI=1S/C26H31N9O4S/c27-25-31-23-21(24-30-22(32-35(24)25)20-2-1-14-39-20)40-26(36)34(23)10-9-28-7-8-29-18-3-5-19(6-4-18)38-17-13-33-11-15-37-16-12-33/h1-6,14,28-29H,7-13,15-17H2,(H2,27,31). The van der Waals surface area contributed by atoms with Gasteiger partial charge in [0.25, 0.3) is 0 Å². The van der Waals surface area contributed by atoms with Gasteiger partial charge >= 0.3 is 4.87 Å². The van der Waals surface area contributed by atoms with Gasteiger partial charge in [0.2, 0.25) is 11.8 Å². The molecule has 14 heteroatoms. The van der Waals surface area contributed by atoms with Gasteiger partial charge < -0.3 is 30.3 Å². The zero-order chi connectivity index (χ0) is 27.3. The molecule has 6 rings (SSSR count). The lowest BCUT2D eigenvalue weighted by molar-refractivity contribution is 0.0322. The molecule has 210 valence electrons. The number of morpholine rings is 1. The van der Waals surface area contributed by atoms with Crippen LogP contribution in [0.3, 0.4) is 0 Å². The molecule has 1 saturated heterocycles. The van der Waals surface area contributed by atoms with Crippen molar-refractivity contribution in [3.05, 3.63) is 52.3 Å². The van der Waals surface area contributed by atoms with Gasteiger partial charge in [-0.05, 0) is 36.4 Å². The van der Waals surface area contributed by atoms with Crippen molar-refractivity contribution in [1.82, 2.24) is 34.4 Å². The Morgan fingerprint density at radius 3 is 2.67 bits per heavy atom.